The van der Waals surface area contributed by atoms with Crippen LogP contribution in [-0.4, -0.2) is 35.7 Å². The average molecular weight is 320 g/mol. The number of rotatable bonds is 3. The van der Waals surface area contributed by atoms with Crippen molar-refractivity contribution in [3.8, 4) is 0 Å². The Hall–Kier alpha value is -1.82. The summed E-state index contributed by atoms with van der Waals surface area (Å²) in [6, 6.07) is 5.04. The Bertz CT molecular complexity index is 654. The average Bonchev–Trinajstić information content (AvgIpc) is 3.11. The smallest absolute Gasteiger partial charge is 0.293 e. The highest BCUT2D eigenvalue weighted by atomic mass is 32.2. The minimum Gasteiger partial charge on any atom is -0.371 e. The summed E-state index contributed by atoms with van der Waals surface area (Å²) < 4.78 is 14.3. The molecule has 0 spiro atoms. The first-order valence-electron chi connectivity index (χ1n) is 7.40. The molecule has 2 aliphatic heterocycles. The Morgan fingerprint density at radius 2 is 2.00 bits per heavy atom. The second-order valence-electron chi connectivity index (χ2n) is 5.33. The molecule has 0 bridgehead atoms. The van der Waals surface area contributed by atoms with Crippen molar-refractivity contribution in [2.24, 2.45) is 0 Å². The molecular weight excluding hydrogens is 303 g/mol. The van der Waals surface area contributed by atoms with Crippen molar-refractivity contribution in [3.63, 3.8) is 0 Å². The fourth-order valence-electron chi connectivity index (χ4n) is 2.72. The normalized spacial score (nSPS) is 20.5. The summed E-state index contributed by atoms with van der Waals surface area (Å²) in [7, 11) is 0. The van der Waals surface area contributed by atoms with Gasteiger partial charge in [-0.05, 0) is 55.8 Å². The number of hydrogen-bond acceptors (Lipinski definition) is 4. The van der Waals surface area contributed by atoms with E-state index < -0.39 is 0 Å². The van der Waals surface area contributed by atoms with Crippen molar-refractivity contribution in [1.29, 1.82) is 0 Å². The Balaban J connectivity index is 1.85. The van der Waals surface area contributed by atoms with E-state index in [1.165, 1.54) is 12.1 Å². The van der Waals surface area contributed by atoms with E-state index in [4.69, 9.17) is 0 Å². The molecule has 0 atom stereocenters. The first kappa shape index (κ1) is 15.1. The highest BCUT2D eigenvalue weighted by Gasteiger charge is 2.33. The molecule has 0 aromatic heterocycles. The summed E-state index contributed by atoms with van der Waals surface area (Å²) in [6.07, 6.45) is 3.73. The molecular formula is C16H17FN2O2S. The second-order valence-corrected chi connectivity index (χ2v) is 6.32. The van der Waals surface area contributed by atoms with Gasteiger partial charge in [0.2, 0.25) is 0 Å². The topological polar surface area (TPSA) is 40.6 Å². The molecule has 2 saturated heterocycles. The molecule has 3 rings (SSSR count). The first-order valence-corrected chi connectivity index (χ1v) is 8.21. The van der Waals surface area contributed by atoms with E-state index in [1.807, 2.05) is 6.07 Å². The minimum atomic E-state index is -0.368. The lowest BCUT2D eigenvalue weighted by Gasteiger charge is -2.17. The lowest BCUT2D eigenvalue weighted by Crippen LogP contribution is -2.27. The molecule has 0 aliphatic carbocycles. The van der Waals surface area contributed by atoms with Gasteiger partial charge in [-0.1, -0.05) is 0 Å². The summed E-state index contributed by atoms with van der Waals surface area (Å²) in [6.45, 7) is 3.98. The number of benzene rings is 1. The maximum absolute atomic E-state index is 14.3. The number of halogens is 1. The second kappa shape index (κ2) is 6.12. The summed E-state index contributed by atoms with van der Waals surface area (Å²) in [5.74, 6) is -0.715. The third kappa shape index (κ3) is 2.75. The number of anilines is 1. The Labute approximate surface area is 133 Å². The van der Waals surface area contributed by atoms with Gasteiger partial charge in [-0.3, -0.25) is 14.5 Å². The van der Waals surface area contributed by atoms with Crippen LogP contribution in [0.3, 0.4) is 0 Å². The van der Waals surface area contributed by atoms with E-state index in [0.717, 1.165) is 48.3 Å². The zero-order valence-corrected chi connectivity index (χ0v) is 13.2. The zero-order chi connectivity index (χ0) is 15.7. The molecule has 2 amide bonds. The van der Waals surface area contributed by atoms with Crippen molar-refractivity contribution in [3.05, 3.63) is 34.5 Å². The van der Waals surface area contributed by atoms with E-state index in [0.29, 0.717) is 12.1 Å². The van der Waals surface area contributed by atoms with Gasteiger partial charge in [0.15, 0.2) is 0 Å². The summed E-state index contributed by atoms with van der Waals surface area (Å²) in [5, 5.41) is -0.298. The van der Waals surface area contributed by atoms with E-state index in [2.05, 4.69) is 4.90 Å². The third-order valence-electron chi connectivity index (χ3n) is 3.93. The molecule has 116 valence electrons. The van der Waals surface area contributed by atoms with E-state index in [1.54, 1.807) is 13.0 Å². The number of amides is 2. The number of imide groups is 1. The zero-order valence-electron chi connectivity index (χ0n) is 12.3. The van der Waals surface area contributed by atoms with Crippen LogP contribution >= 0.6 is 11.8 Å². The van der Waals surface area contributed by atoms with Crippen molar-refractivity contribution in [2.75, 3.05) is 24.5 Å². The highest BCUT2D eigenvalue weighted by molar-refractivity contribution is 8.18. The number of hydrogen-bond donors (Lipinski definition) is 0. The van der Waals surface area contributed by atoms with Crippen molar-refractivity contribution < 1.29 is 14.0 Å². The Morgan fingerprint density at radius 3 is 2.59 bits per heavy atom. The molecule has 2 fully saturated rings. The number of carbonyl (C=O) groups excluding carboxylic acids is 2. The fourth-order valence-corrected chi connectivity index (χ4v) is 3.61. The summed E-state index contributed by atoms with van der Waals surface area (Å²) in [5.41, 5.74) is 1.21. The molecule has 0 saturated carbocycles. The monoisotopic (exact) mass is 320 g/mol. The number of likely N-dealkylation sites (N-methyl/N-ethyl adjacent to an activating group) is 1. The molecule has 2 heterocycles. The minimum absolute atomic E-state index is 0.277. The maximum Gasteiger partial charge on any atom is 0.293 e. The van der Waals surface area contributed by atoms with Crippen LogP contribution in [-0.2, 0) is 4.79 Å². The van der Waals surface area contributed by atoms with Gasteiger partial charge in [0.05, 0.1) is 4.91 Å². The molecule has 22 heavy (non-hydrogen) atoms. The van der Waals surface area contributed by atoms with E-state index >= 15 is 0 Å². The van der Waals surface area contributed by atoms with Gasteiger partial charge in [-0.25, -0.2) is 4.39 Å². The molecule has 0 N–H and O–H groups in total. The SMILES string of the molecule is CCN1C(=O)S/C(=C/c2ccc(N3CCCC3)cc2F)C1=O. The number of carbonyl (C=O) groups is 2. The Kier molecular flexibility index (Phi) is 4.20. The Morgan fingerprint density at radius 1 is 1.27 bits per heavy atom. The van der Waals surface area contributed by atoms with Crippen LogP contribution in [0.5, 0.6) is 0 Å². The molecule has 2 aliphatic rings. The molecule has 0 unspecified atom stereocenters. The van der Waals surface area contributed by atoms with Gasteiger partial charge >= 0.3 is 0 Å². The van der Waals surface area contributed by atoms with Crippen molar-refractivity contribution >= 4 is 34.7 Å². The summed E-state index contributed by atoms with van der Waals surface area (Å²) in [4.78, 5) is 27.3. The molecule has 1 aromatic rings. The predicted octanol–water partition coefficient (Wildman–Crippen LogP) is 3.48. The summed E-state index contributed by atoms with van der Waals surface area (Å²) >= 11 is 0.861. The van der Waals surface area contributed by atoms with E-state index in [9.17, 15) is 14.0 Å². The van der Waals surface area contributed by atoms with E-state index in [-0.39, 0.29) is 21.9 Å². The maximum atomic E-state index is 14.3. The van der Waals surface area contributed by atoms with Crippen molar-refractivity contribution in [2.45, 2.75) is 19.8 Å². The standard InChI is InChI=1S/C16H17FN2O2S/c1-2-19-15(20)14(22-16(19)21)9-11-5-6-12(10-13(11)17)18-7-3-4-8-18/h5-6,9-10H,2-4,7-8H2,1H3/b14-9+. The van der Waals surface area contributed by atoms with Crippen LogP contribution in [0.15, 0.2) is 23.1 Å². The predicted molar refractivity (Wildman–Crippen MR) is 86.2 cm³/mol. The van der Waals surface area contributed by atoms with Gasteiger partial charge in [0.1, 0.15) is 5.82 Å². The van der Waals surface area contributed by atoms with Crippen LogP contribution in [0.4, 0.5) is 14.9 Å². The van der Waals surface area contributed by atoms with Crippen LogP contribution in [0.2, 0.25) is 0 Å². The first-order chi connectivity index (χ1) is 10.6. The van der Waals surface area contributed by atoms with Crippen LogP contribution in [0, 0.1) is 5.82 Å². The lowest BCUT2D eigenvalue weighted by molar-refractivity contribution is -0.122. The van der Waals surface area contributed by atoms with Crippen LogP contribution in [0.25, 0.3) is 6.08 Å². The number of thioether (sulfide) groups is 1. The molecule has 6 heteroatoms. The quantitative estimate of drug-likeness (QED) is 0.800. The van der Waals surface area contributed by atoms with Gasteiger partial charge in [0, 0.05) is 30.9 Å². The number of nitrogens with zero attached hydrogens (tertiary/aromatic N) is 2. The molecule has 0 radical (unpaired) electrons. The van der Waals surface area contributed by atoms with Gasteiger partial charge in [-0.15, -0.1) is 0 Å². The van der Waals surface area contributed by atoms with Gasteiger partial charge in [-0.2, -0.15) is 0 Å². The lowest BCUT2D eigenvalue weighted by atomic mass is 10.1. The van der Waals surface area contributed by atoms with Crippen LogP contribution < -0.4 is 4.90 Å². The third-order valence-corrected chi connectivity index (χ3v) is 4.84. The van der Waals surface area contributed by atoms with Crippen LogP contribution in [0.1, 0.15) is 25.3 Å². The van der Waals surface area contributed by atoms with Gasteiger partial charge < -0.3 is 4.90 Å². The highest BCUT2D eigenvalue weighted by Crippen LogP contribution is 2.33. The largest absolute Gasteiger partial charge is 0.371 e. The molecule has 4 nitrogen and oxygen atoms in total. The molecule has 1 aromatic carbocycles. The fraction of sp³-hybridized carbons (Fsp3) is 0.375. The van der Waals surface area contributed by atoms with Gasteiger partial charge in [0.25, 0.3) is 11.1 Å². The van der Waals surface area contributed by atoms with Crippen molar-refractivity contribution in [1.82, 2.24) is 4.90 Å².